The molecule has 6 aliphatic carbocycles. The van der Waals surface area contributed by atoms with Crippen LogP contribution in [0.3, 0.4) is 0 Å². The average molecular weight is 792 g/mol. The van der Waals surface area contributed by atoms with Crippen LogP contribution in [-0.2, 0) is 21.7 Å². The van der Waals surface area contributed by atoms with Gasteiger partial charge in [0, 0.05) is 16.9 Å². The predicted octanol–water partition coefficient (Wildman–Crippen LogP) is 15.6. The number of anilines is 3. The molecule has 0 aliphatic heterocycles. The summed E-state index contributed by atoms with van der Waals surface area (Å²) >= 11 is 0. The Balaban J connectivity index is 1.14. The van der Waals surface area contributed by atoms with E-state index in [1.165, 1.54) is 118 Å². The van der Waals surface area contributed by atoms with Crippen LogP contribution in [-0.4, -0.2) is 0 Å². The van der Waals surface area contributed by atoms with Crippen molar-refractivity contribution in [1.29, 1.82) is 0 Å². The summed E-state index contributed by atoms with van der Waals surface area (Å²) in [5.41, 5.74) is 18.7. The van der Waals surface area contributed by atoms with Crippen LogP contribution in [0, 0.1) is 17.8 Å². The van der Waals surface area contributed by atoms with Gasteiger partial charge in [-0.05, 0) is 171 Å². The molecule has 4 bridgehead atoms. The highest BCUT2D eigenvalue weighted by molar-refractivity contribution is 5.96. The fraction of sp³-hybridized carbons (Fsp3) is 0.300. The topological polar surface area (TPSA) is 3.24 Å². The average Bonchev–Trinajstić information content (AvgIpc) is 3.83. The van der Waals surface area contributed by atoms with Gasteiger partial charge in [-0.15, -0.1) is 0 Å². The van der Waals surface area contributed by atoms with Crippen LogP contribution in [0.5, 0.6) is 0 Å². The molecule has 4 saturated carbocycles. The van der Waals surface area contributed by atoms with Crippen molar-refractivity contribution in [3.8, 4) is 22.3 Å². The van der Waals surface area contributed by atoms with Crippen molar-refractivity contribution in [2.45, 2.75) is 94.3 Å². The molecule has 1 heteroatoms. The molecule has 0 heterocycles. The summed E-state index contributed by atoms with van der Waals surface area (Å²) < 4.78 is 0. The standard InChI is InChI=1S/C60H57N/c1-57(2)30-31-58(3,4)55-35-42(24-29-53(55)57)50-36-51-49-22-14-15-23-52(49)60(44-16-8-5-9-17-44,45-18-10-6-11-19-45)54(51)37-56(50)61(47-20-12-7-13-21-47)48-27-25-43(26-28-48)59-38-40-32-41(39-59)34-46(59)33-40/h5-29,35-37,40-41,46H,30-34,38-39H2,1-4H3. The van der Waals surface area contributed by atoms with E-state index in [2.05, 4.69) is 202 Å². The second-order valence-corrected chi connectivity index (χ2v) is 20.9. The maximum Gasteiger partial charge on any atom is 0.0714 e. The fourth-order valence-electron chi connectivity index (χ4n) is 13.9. The Kier molecular flexibility index (Phi) is 8.17. The van der Waals surface area contributed by atoms with E-state index in [1.807, 2.05) is 0 Å². The van der Waals surface area contributed by atoms with Crippen LogP contribution in [0.25, 0.3) is 22.3 Å². The van der Waals surface area contributed by atoms with Crippen molar-refractivity contribution >= 4 is 17.1 Å². The van der Waals surface area contributed by atoms with Crippen molar-refractivity contribution < 1.29 is 0 Å². The molecule has 2 atom stereocenters. The monoisotopic (exact) mass is 791 g/mol. The fourth-order valence-corrected chi connectivity index (χ4v) is 13.9. The van der Waals surface area contributed by atoms with Crippen molar-refractivity contribution in [1.82, 2.24) is 0 Å². The maximum absolute atomic E-state index is 2.59. The van der Waals surface area contributed by atoms with E-state index < -0.39 is 5.41 Å². The van der Waals surface area contributed by atoms with Crippen molar-refractivity contribution in [2.24, 2.45) is 17.8 Å². The zero-order chi connectivity index (χ0) is 41.1. The molecule has 1 nitrogen and oxygen atoms in total. The number of para-hydroxylation sites is 1. The smallest absolute Gasteiger partial charge is 0.0714 e. The molecule has 4 fully saturated rings. The van der Waals surface area contributed by atoms with Gasteiger partial charge in [0.05, 0.1) is 11.1 Å². The maximum atomic E-state index is 2.59. The summed E-state index contributed by atoms with van der Waals surface area (Å²) in [5.74, 6) is 2.72. The highest BCUT2D eigenvalue weighted by Gasteiger charge is 2.58. The van der Waals surface area contributed by atoms with Crippen molar-refractivity contribution in [2.75, 3.05) is 4.90 Å². The lowest BCUT2D eigenvalue weighted by Crippen LogP contribution is -2.33. The molecule has 0 radical (unpaired) electrons. The lowest BCUT2D eigenvalue weighted by atomic mass is 9.63. The Labute approximate surface area is 363 Å². The summed E-state index contributed by atoms with van der Waals surface area (Å²) in [6, 6.07) is 65.5. The Morgan fingerprint density at radius 3 is 1.66 bits per heavy atom. The molecule has 6 aliphatic rings. The van der Waals surface area contributed by atoms with E-state index in [1.54, 1.807) is 5.56 Å². The molecule has 0 spiro atoms. The van der Waals surface area contributed by atoms with Gasteiger partial charge in [0.15, 0.2) is 0 Å². The second kappa shape index (κ2) is 13.4. The van der Waals surface area contributed by atoms with E-state index in [9.17, 15) is 0 Å². The molecule has 61 heavy (non-hydrogen) atoms. The first kappa shape index (κ1) is 37.1. The third-order valence-electron chi connectivity index (χ3n) is 16.7. The zero-order valence-corrected chi connectivity index (χ0v) is 36.3. The van der Waals surface area contributed by atoms with E-state index >= 15 is 0 Å². The third kappa shape index (κ3) is 5.45. The molecule has 7 aromatic carbocycles. The molecule has 7 aromatic rings. The van der Waals surface area contributed by atoms with Gasteiger partial charge < -0.3 is 4.90 Å². The van der Waals surface area contributed by atoms with Crippen LogP contribution in [0.2, 0.25) is 0 Å². The van der Waals surface area contributed by atoms with E-state index in [0.717, 1.165) is 17.8 Å². The number of rotatable bonds is 7. The minimum Gasteiger partial charge on any atom is -0.310 e. The number of benzene rings is 7. The molecular formula is C60H57N. The SMILES string of the molecule is CC1(C)CCC(C)(C)c2cc(-c3cc4c(cc3N(c3ccccc3)c3ccc(C56CC7CC(CC5C7)C6)cc3)C(c3ccccc3)(c3ccccc3)c3ccccc3-4)ccc21. The van der Waals surface area contributed by atoms with Crippen molar-refractivity contribution in [3.63, 3.8) is 0 Å². The molecule has 0 saturated heterocycles. The quantitative estimate of drug-likeness (QED) is 0.155. The van der Waals surface area contributed by atoms with Crippen molar-refractivity contribution in [3.05, 3.63) is 209 Å². The number of nitrogens with zero attached hydrogens (tertiary/aromatic N) is 1. The minimum atomic E-state index is -0.504. The van der Waals surface area contributed by atoms with Gasteiger partial charge in [0.1, 0.15) is 0 Å². The first-order valence-electron chi connectivity index (χ1n) is 23.2. The minimum absolute atomic E-state index is 0.0907. The number of hydrogen-bond donors (Lipinski definition) is 0. The van der Waals surface area contributed by atoms with Crippen LogP contribution >= 0.6 is 0 Å². The van der Waals surface area contributed by atoms with Gasteiger partial charge in [-0.25, -0.2) is 0 Å². The highest BCUT2D eigenvalue weighted by atomic mass is 15.1. The summed E-state index contributed by atoms with van der Waals surface area (Å²) in [5, 5.41) is 0. The van der Waals surface area contributed by atoms with Gasteiger partial charge in [0.2, 0.25) is 0 Å². The number of fused-ring (bicyclic) bond motifs is 4. The van der Waals surface area contributed by atoms with Crippen LogP contribution < -0.4 is 4.90 Å². The summed E-state index contributed by atoms with van der Waals surface area (Å²) in [7, 11) is 0. The summed E-state index contributed by atoms with van der Waals surface area (Å²) in [6.45, 7) is 9.79. The molecule has 2 unspecified atom stereocenters. The van der Waals surface area contributed by atoms with E-state index in [4.69, 9.17) is 0 Å². The first-order valence-corrected chi connectivity index (χ1v) is 23.2. The van der Waals surface area contributed by atoms with Crippen LogP contribution in [0.15, 0.2) is 170 Å². The van der Waals surface area contributed by atoms with Crippen LogP contribution in [0.4, 0.5) is 17.1 Å². The Bertz CT molecular complexity index is 2740. The molecule has 302 valence electrons. The molecule has 0 aromatic heterocycles. The van der Waals surface area contributed by atoms with Gasteiger partial charge in [-0.3, -0.25) is 0 Å². The van der Waals surface area contributed by atoms with Gasteiger partial charge >= 0.3 is 0 Å². The van der Waals surface area contributed by atoms with Gasteiger partial charge in [-0.2, -0.15) is 0 Å². The second-order valence-electron chi connectivity index (χ2n) is 20.9. The van der Waals surface area contributed by atoms with Gasteiger partial charge in [0.25, 0.3) is 0 Å². The predicted molar refractivity (Wildman–Crippen MR) is 254 cm³/mol. The highest BCUT2D eigenvalue weighted by Crippen LogP contribution is 2.66. The molecule has 0 N–H and O–H groups in total. The lowest BCUT2D eigenvalue weighted by Gasteiger charge is -2.42. The number of hydrogen-bond acceptors (Lipinski definition) is 1. The third-order valence-corrected chi connectivity index (χ3v) is 16.7. The molecule has 0 amide bonds. The van der Waals surface area contributed by atoms with Gasteiger partial charge in [-0.1, -0.05) is 161 Å². The largest absolute Gasteiger partial charge is 0.310 e. The first-order chi connectivity index (χ1) is 29.7. The zero-order valence-electron chi connectivity index (χ0n) is 36.3. The molecule has 13 rings (SSSR count). The Morgan fingerprint density at radius 1 is 0.426 bits per heavy atom. The van der Waals surface area contributed by atoms with E-state index in [-0.39, 0.29) is 10.8 Å². The normalized spacial score (nSPS) is 24.2. The lowest BCUT2D eigenvalue weighted by molar-refractivity contribution is 0.266. The molecular weight excluding hydrogens is 735 g/mol. The summed E-state index contributed by atoms with van der Waals surface area (Å²) in [6.07, 6.45) is 9.51. The Morgan fingerprint density at radius 2 is 1.00 bits per heavy atom. The Hall–Kier alpha value is -5.66. The van der Waals surface area contributed by atoms with Crippen LogP contribution in [0.1, 0.15) is 112 Å². The summed E-state index contributed by atoms with van der Waals surface area (Å²) in [4.78, 5) is 2.58. The van der Waals surface area contributed by atoms with E-state index in [0.29, 0.717) is 5.41 Å².